The van der Waals surface area contributed by atoms with E-state index >= 15 is 0 Å². The maximum absolute atomic E-state index is 9.88. The molecule has 0 unspecified atom stereocenters. The number of benzene rings is 17. The van der Waals surface area contributed by atoms with E-state index in [1.54, 1.807) is 0 Å². The van der Waals surface area contributed by atoms with Gasteiger partial charge in [0.1, 0.15) is 22.3 Å². The summed E-state index contributed by atoms with van der Waals surface area (Å²) in [6, 6.07) is -53.4. The minimum atomic E-state index is -1.14. The molecule has 0 aliphatic rings. The van der Waals surface area contributed by atoms with Gasteiger partial charge in [-0.25, -0.2) is 0 Å². The zero-order chi connectivity index (χ0) is 109. The van der Waals surface area contributed by atoms with Crippen LogP contribution in [0.25, 0.3) is 186 Å². The van der Waals surface area contributed by atoms with Crippen molar-refractivity contribution in [2.75, 3.05) is 0 Å². The van der Waals surface area contributed by atoms with Crippen LogP contribution >= 0.6 is 0 Å². The fourth-order valence-corrected chi connectivity index (χ4v) is 11.0. The Bertz CT molecular complexity index is 9400. The molecule has 19 aromatic rings. The van der Waals surface area contributed by atoms with Gasteiger partial charge in [-0.05, 0) is 168 Å². The van der Waals surface area contributed by atoms with Crippen molar-refractivity contribution in [1.29, 1.82) is 0 Å². The summed E-state index contributed by atoms with van der Waals surface area (Å²) in [4.78, 5) is 0. The molecule has 0 amide bonds. The first-order valence-corrected chi connectivity index (χ1v) is 27.1. The van der Waals surface area contributed by atoms with Crippen LogP contribution in [0.15, 0.2) is 347 Å². The van der Waals surface area contributed by atoms with Gasteiger partial charge in [-0.3, -0.25) is 0 Å². The van der Waals surface area contributed by atoms with Crippen molar-refractivity contribution in [1.82, 2.24) is 0 Å². The second-order valence-corrected chi connectivity index (χ2v) is 19.8. The molecule has 0 N–H and O–H groups in total. The highest BCUT2D eigenvalue weighted by Crippen LogP contribution is 2.50. The molecule has 17 aromatic carbocycles. The van der Waals surface area contributed by atoms with E-state index in [0.717, 1.165) is 0 Å². The third kappa shape index (κ3) is 8.72. The topological polar surface area (TPSA) is 26.3 Å². The molecule has 0 bridgehead atoms. The minimum absolute atomic E-state index is 0.411. The molecular formula is C90H56O2. The van der Waals surface area contributed by atoms with Gasteiger partial charge in [0.05, 0.1) is 76.8 Å². The summed E-state index contributed by atoms with van der Waals surface area (Å²) < 4.78 is 514. The largest absolute Gasteiger partial charge is 0.455 e. The summed E-state index contributed by atoms with van der Waals surface area (Å²) in [5.74, 6) is 0. The number of fused-ring (bicyclic) bond motifs is 14. The van der Waals surface area contributed by atoms with Crippen LogP contribution in [0.1, 0.15) is 76.8 Å². The lowest BCUT2D eigenvalue weighted by molar-refractivity contribution is 0.672. The summed E-state index contributed by atoms with van der Waals surface area (Å²) in [7, 11) is 0. The van der Waals surface area contributed by atoms with E-state index in [9.17, 15) is 28.8 Å². The molecule has 2 heteroatoms. The van der Waals surface area contributed by atoms with Crippen LogP contribution in [-0.4, -0.2) is 0 Å². The highest BCUT2D eigenvalue weighted by molar-refractivity contribution is 6.26. The Morgan fingerprint density at radius 1 is 0.174 bits per heavy atom. The van der Waals surface area contributed by atoms with Crippen molar-refractivity contribution in [3.63, 3.8) is 0 Å². The fraction of sp³-hybridized carbons (Fsp3) is 0. The lowest BCUT2D eigenvalue weighted by Crippen LogP contribution is -1.92. The summed E-state index contributed by atoms with van der Waals surface area (Å²) in [6.07, 6.45) is 0. The normalized spacial score (nSPS) is 20.2. The van der Waals surface area contributed by atoms with Crippen molar-refractivity contribution in [2.24, 2.45) is 0 Å². The summed E-state index contributed by atoms with van der Waals surface area (Å²) >= 11 is 0. The zero-order valence-corrected chi connectivity index (χ0v) is 45.8. The molecule has 2 aromatic heterocycles. The molecule has 2 nitrogen and oxygen atoms in total. The maximum atomic E-state index is 9.88. The van der Waals surface area contributed by atoms with Gasteiger partial charge in [0.25, 0.3) is 0 Å². The molecule has 428 valence electrons. The van der Waals surface area contributed by atoms with Crippen LogP contribution < -0.4 is 0 Å². The van der Waals surface area contributed by atoms with Crippen LogP contribution in [0.3, 0.4) is 0 Å². The summed E-state index contributed by atoms with van der Waals surface area (Å²) in [5, 5.41) is -10.1. The van der Waals surface area contributed by atoms with Gasteiger partial charge in [0.2, 0.25) is 0 Å². The van der Waals surface area contributed by atoms with E-state index in [1.165, 1.54) is 0 Å². The zero-order valence-electron chi connectivity index (χ0n) is 102. The highest BCUT2D eigenvalue weighted by Gasteiger charge is 2.23. The van der Waals surface area contributed by atoms with Crippen LogP contribution in [0.4, 0.5) is 0 Å². The molecule has 19 rings (SSSR count). The number of hydrogen-bond donors (Lipinski definition) is 0. The molecule has 0 spiro atoms. The van der Waals surface area contributed by atoms with Crippen LogP contribution in [-0.2, 0) is 0 Å². The van der Waals surface area contributed by atoms with Crippen molar-refractivity contribution >= 4 is 109 Å². The number of rotatable bonds is 7. The monoisotopic (exact) mass is 1220 g/mol. The molecule has 0 atom stereocenters. The number of hydrogen-bond acceptors (Lipinski definition) is 2. The van der Waals surface area contributed by atoms with E-state index in [2.05, 4.69) is 0 Å². The lowest BCUT2D eigenvalue weighted by Gasteiger charge is -2.20. The Hall–Kier alpha value is -12.1. The average molecular weight is 1230 g/mol. The van der Waals surface area contributed by atoms with Gasteiger partial charge in [-0.2, -0.15) is 0 Å². The Morgan fingerprint density at radius 2 is 0.457 bits per heavy atom. The first kappa shape index (κ1) is 21.3. The van der Waals surface area contributed by atoms with Gasteiger partial charge >= 0.3 is 0 Å². The predicted octanol–water partition coefficient (Wildman–Crippen LogP) is 25.8. The van der Waals surface area contributed by atoms with E-state index in [-0.39, 0.29) is 0 Å². The second-order valence-electron chi connectivity index (χ2n) is 19.8. The molecule has 2 heterocycles. The molecule has 0 fully saturated rings. The molecular weight excluding hydrogens is 1110 g/mol. The van der Waals surface area contributed by atoms with Gasteiger partial charge in [0.15, 0.2) is 0 Å². The predicted molar refractivity (Wildman–Crippen MR) is 391 cm³/mol. The summed E-state index contributed by atoms with van der Waals surface area (Å²) in [5.41, 5.74) is -13.9. The molecule has 0 saturated heterocycles. The van der Waals surface area contributed by atoms with Crippen molar-refractivity contribution in [3.05, 3.63) is 338 Å². The van der Waals surface area contributed by atoms with E-state index in [4.69, 9.17) is 56.8 Å². The standard InChI is InChI=1S/C48H30O.C42H26O/c1-2-12-31(13-3-1)32-22-24-34(25-23-32)36-15-6-7-17-38(36)47-41-20-10-8-18-39(41)46(40-19-9-11-21-42(40)47)35-27-29-45-44(30-35)43-28-26-33-14-4-5-16-37(33)48(43)49-45;1-2-12-27(13-3-1)30-15-6-7-17-32(30)41-35-20-10-8-18-33(35)40(34-19-9-11-21-36(34)41)29-23-25-39-38(26-29)37-24-22-28-14-4-5-16-31(28)42(37)43-39/h1-30H;1-26H/i1D,2D,3D,4D,5D,6D,7D,8D,9D,10D,11D,12D,13D,14D,15D,16D,17D,18D,19D,20D,21D,22D,23D,24D,25D,26D,27D,28D,29D,30D;1D,2D,3D,4D,5D,6D,7D,8D,9D,10D,11D,12D,13D,14D,15D,16D,17D,18D,19D,20D,21D,22D,23D,24D,25D,26D. The van der Waals surface area contributed by atoms with Crippen LogP contribution in [0.2, 0.25) is 0 Å². The van der Waals surface area contributed by atoms with E-state index in [0.29, 0.717) is 0 Å². The third-order valence-electron chi connectivity index (χ3n) is 14.9. The first-order valence-electron chi connectivity index (χ1n) is 55.1. The number of furan rings is 2. The maximum Gasteiger partial charge on any atom is 0.143 e. The van der Waals surface area contributed by atoms with Crippen molar-refractivity contribution < 1.29 is 85.6 Å². The van der Waals surface area contributed by atoms with Crippen LogP contribution in [0, 0.1) is 0 Å². The Balaban J connectivity index is 0.000000195. The Morgan fingerprint density at radius 3 is 0.859 bits per heavy atom. The molecule has 0 radical (unpaired) electrons. The molecule has 0 aliphatic carbocycles. The van der Waals surface area contributed by atoms with E-state index in [1.807, 2.05) is 0 Å². The summed E-state index contributed by atoms with van der Waals surface area (Å²) in [6.45, 7) is 0. The lowest BCUT2D eigenvalue weighted by atomic mass is 9.83. The molecule has 0 saturated carbocycles. The molecule has 0 aliphatic heterocycles. The van der Waals surface area contributed by atoms with E-state index < -0.39 is 525 Å². The SMILES string of the molecule is [2H]c1c([2H])c([2H])c(-c2c([2H])c([2H])c(-c3c([2H])c([2H])c([2H])c([2H])c3-c3c4c([2H])c([2H])c([2H])c([2H])c4c(-c4c([2H])c([2H])c5oc6c7c([2H])c([2H])c([2H])c([2H])c7c([2H])c([2H])c6c5c4[2H])c4c([2H])c([2H])c([2H])c([2H])c34)c([2H])c2[2H])c([2H])c1[2H].[2H]c1c([2H])c([2H])c(-c2c([2H])c([2H])c([2H])c([2H])c2-c2c3c([2H])c([2H])c([2H])c([2H])c3c(-c3c([2H])c([2H])c4oc5c6c([2H])c([2H])c([2H])c([2H])c6c([2H])c([2H])c5c4c3[2H])c3c([2H])c([2H])c([2H])c([2H])c23)c([2H])c1[2H]. The minimum Gasteiger partial charge on any atom is -0.455 e. The van der Waals surface area contributed by atoms with Gasteiger partial charge in [-0.15, -0.1) is 0 Å². The van der Waals surface area contributed by atoms with Gasteiger partial charge in [0, 0.05) is 32.3 Å². The van der Waals surface area contributed by atoms with Gasteiger partial charge < -0.3 is 8.83 Å². The van der Waals surface area contributed by atoms with Crippen LogP contribution in [0.5, 0.6) is 0 Å². The first-order chi connectivity index (χ1) is 69.0. The second kappa shape index (κ2) is 21.9. The highest BCUT2D eigenvalue weighted by atomic mass is 16.3. The fourth-order valence-electron chi connectivity index (χ4n) is 11.0. The molecule has 92 heavy (non-hydrogen) atoms. The van der Waals surface area contributed by atoms with Crippen molar-refractivity contribution in [3.8, 4) is 77.9 Å². The van der Waals surface area contributed by atoms with Gasteiger partial charge in [-0.1, -0.05) is 302 Å². The smallest absolute Gasteiger partial charge is 0.143 e. The Labute approximate surface area is 610 Å². The van der Waals surface area contributed by atoms with Crippen molar-refractivity contribution in [2.45, 2.75) is 0 Å². The quantitative estimate of drug-likeness (QED) is 0.149. The third-order valence-corrected chi connectivity index (χ3v) is 14.9. The average Bonchev–Trinajstić information content (AvgIpc) is 1.30. The Kier molecular flexibility index (Phi) is 5.06.